The monoisotopic (exact) mass is 250 g/mol. The summed E-state index contributed by atoms with van der Waals surface area (Å²) in [5.74, 6) is 0.155. The topological polar surface area (TPSA) is 38.9 Å². The summed E-state index contributed by atoms with van der Waals surface area (Å²) in [6, 6.07) is 0. The smallest absolute Gasteiger partial charge is 0.330 e. The molecule has 2 rings (SSSR count). The van der Waals surface area contributed by atoms with Gasteiger partial charge in [0, 0.05) is 17.3 Å². The Morgan fingerprint density at radius 3 is 2.81 bits per heavy atom. The minimum atomic E-state index is -4.17. The van der Waals surface area contributed by atoms with Crippen LogP contribution < -0.4 is 5.73 Å². The number of hydrogen-bond donors (Lipinski definition) is 1. The average Bonchev–Trinajstić information content (AvgIpc) is 2.56. The first-order valence-corrected chi connectivity index (χ1v) is 6.06. The molecule has 6 heteroatoms. The molecule has 2 nitrogen and oxygen atoms in total. The Balaban J connectivity index is 2.22. The van der Waals surface area contributed by atoms with Crippen molar-refractivity contribution in [3.8, 4) is 0 Å². The Kier molecular flexibility index (Phi) is 3.21. The predicted octanol–water partition coefficient (Wildman–Crippen LogP) is 2.63. The molecule has 2 N–H and O–H groups in total. The van der Waals surface area contributed by atoms with Crippen molar-refractivity contribution in [2.75, 3.05) is 6.54 Å². The summed E-state index contributed by atoms with van der Waals surface area (Å²) in [5.41, 5.74) is 6.41. The van der Waals surface area contributed by atoms with Crippen LogP contribution in [0.2, 0.25) is 0 Å². The Morgan fingerprint density at radius 1 is 1.44 bits per heavy atom. The van der Waals surface area contributed by atoms with Crippen LogP contribution in [-0.2, 0) is 12.8 Å². The average molecular weight is 250 g/mol. The summed E-state index contributed by atoms with van der Waals surface area (Å²) >= 11 is 1.19. The molecule has 0 spiro atoms. The molecule has 0 saturated heterocycles. The zero-order chi connectivity index (χ0) is 11.8. The maximum absolute atomic E-state index is 12.2. The molecule has 1 aliphatic carbocycles. The third-order valence-corrected chi connectivity index (χ3v) is 3.88. The van der Waals surface area contributed by atoms with Crippen LogP contribution in [0.25, 0.3) is 0 Å². The number of fused-ring (bicyclic) bond motifs is 1. The van der Waals surface area contributed by atoms with Crippen LogP contribution in [0.4, 0.5) is 13.2 Å². The molecule has 1 atom stereocenters. The predicted molar refractivity (Wildman–Crippen MR) is 56.6 cm³/mol. The number of nitrogens with two attached hydrogens (primary N) is 1. The summed E-state index contributed by atoms with van der Waals surface area (Å²) in [7, 11) is 0. The maximum atomic E-state index is 12.2. The molecular formula is C10H13F3N2S. The second kappa shape index (κ2) is 4.33. The molecule has 0 radical (unpaired) electrons. The molecule has 1 aliphatic rings. The third kappa shape index (κ3) is 2.55. The second-order valence-electron chi connectivity index (χ2n) is 4.03. The highest BCUT2D eigenvalue weighted by atomic mass is 32.1. The van der Waals surface area contributed by atoms with E-state index >= 15 is 0 Å². The molecule has 16 heavy (non-hydrogen) atoms. The summed E-state index contributed by atoms with van der Waals surface area (Å²) in [6.07, 6.45) is -2.29. The van der Waals surface area contributed by atoms with E-state index in [4.69, 9.17) is 5.73 Å². The molecule has 0 amide bonds. The van der Waals surface area contributed by atoms with Gasteiger partial charge in [0.05, 0.1) is 12.1 Å². The van der Waals surface area contributed by atoms with Crippen molar-refractivity contribution in [2.45, 2.75) is 37.8 Å². The van der Waals surface area contributed by atoms with E-state index in [-0.39, 0.29) is 10.9 Å². The number of nitrogens with zero attached hydrogens (tertiary/aromatic N) is 1. The Morgan fingerprint density at radius 2 is 2.19 bits per heavy atom. The molecule has 1 aromatic heterocycles. The molecule has 90 valence electrons. The molecule has 0 aliphatic heterocycles. The number of aromatic nitrogens is 1. The number of aryl methyl sites for hydroxylation is 1. The zero-order valence-corrected chi connectivity index (χ0v) is 9.50. The number of alkyl halides is 3. The molecule has 1 heterocycles. The lowest BCUT2D eigenvalue weighted by Gasteiger charge is -2.18. The Bertz CT molecular complexity index is 373. The fourth-order valence-electron chi connectivity index (χ4n) is 2.03. The molecule has 0 aromatic carbocycles. The van der Waals surface area contributed by atoms with Crippen LogP contribution >= 0.6 is 11.3 Å². The highest BCUT2D eigenvalue weighted by Crippen LogP contribution is 2.35. The van der Waals surface area contributed by atoms with Crippen molar-refractivity contribution in [1.29, 1.82) is 0 Å². The minimum absolute atomic E-state index is 0.155. The van der Waals surface area contributed by atoms with Crippen molar-refractivity contribution in [3.63, 3.8) is 0 Å². The van der Waals surface area contributed by atoms with E-state index in [9.17, 15) is 13.2 Å². The van der Waals surface area contributed by atoms with E-state index in [2.05, 4.69) is 4.98 Å². The van der Waals surface area contributed by atoms with E-state index in [0.717, 1.165) is 29.8 Å². The lowest BCUT2D eigenvalue weighted by Crippen LogP contribution is -2.18. The van der Waals surface area contributed by atoms with Crippen LogP contribution in [-0.4, -0.2) is 17.7 Å². The summed E-state index contributed by atoms with van der Waals surface area (Å²) in [6.45, 7) is 0.474. The fourth-order valence-corrected chi connectivity index (χ4v) is 3.26. The molecule has 0 saturated carbocycles. The first kappa shape index (κ1) is 11.9. The van der Waals surface area contributed by atoms with E-state index in [1.165, 1.54) is 11.3 Å². The van der Waals surface area contributed by atoms with Gasteiger partial charge in [0.1, 0.15) is 5.01 Å². The normalized spacial score (nSPS) is 20.9. The fraction of sp³-hybridized carbons (Fsp3) is 0.700. The molecular weight excluding hydrogens is 237 g/mol. The van der Waals surface area contributed by atoms with Gasteiger partial charge in [0.2, 0.25) is 0 Å². The van der Waals surface area contributed by atoms with Gasteiger partial charge in [-0.2, -0.15) is 13.2 Å². The third-order valence-electron chi connectivity index (χ3n) is 2.75. The maximum Gasteiger partial charge on any atom is 0.395 e. The van der Waals surface area contributed by atoms with Crippen molar-refractivity contribution in [2.24, 2.45) is 5.73 Å². The Hall–Kier alpha value is -0.620. The van der Waals surface area contributed by atoms with Gasteiger partial charge in [-0.3, -0.25) is 0 Å². The van der Waals surface area contributed by atoms with Gasteiger partial charge in [0.25, 0.3) is 0 Å². The van der Waals surface area contributed by atoms with Crippen LogP contribution in [0.3, 0.4) is 0 Å². The van der Waals surface area contributed by atoms with Gasteiger partial charge in [-0.25, -0.2) is 4.98 Å². The van der Waals surface area contributed by atoms with Gasteiger partial charge >= 0.3 is 6.18 Å². The number of rotatable bonds is 2. The van der Waals surface area contributed by atoms with E-state index in [0.29, 0.717) is 6.54 Å². The molecule has 0 fully saturated rings. The molecule has 0 bridgehead atoms. The van der Waals surface area contributed by atoms with Gasteiger partial charge < -0.3 is 5.73 Å². The van der Waals surface area contributed by atoms with Crippen LogP contribution in [0.1, 0.15) is 34.3 Å². The standard InChI is InChI=1S/C10H13F3N2S/c11-10(12,13)4-8-15-9-6(5-14)2-1-3-7(9)16-8/h6H,1-5,14H2. The summed E-state index contributed by atoms with van der Waals surface area (Å²) in [5, 5.41) is 0.179. The largest absolute Gasteiger partial charge is 0.395 e. The SMILES string of the molecule is NCC1CCCc2sc(CC(F)(F)F)nc21. The van der Waals surface area contributed by atoms with Crippen molar-refractivity contribution in [1.82, 2.24) is 4.98 Å². The summed E-state index contributed by atoms with van der Waals surface area (Å²) < 4.78 is 36.7. The lowest BCUT2D eigenvalue weighted by atomic mass is 9.91. The molecule has 1 unspecified atom stereocenters. The van der Waals surface area contributed by atoms with E-state index in [1.807, 2.05) is 0 Å². The lowest BCUT2D eigenvalue weighted by molar-refractivity contribution is -0.127. The Labute approximate surface area is 95.7 Å². The van der Waals surface area contributed by atoms with Gasteiger partial charge in [-0.05, 0) is 19.3 Å². The molecule has 1 aromatic rings. The van der Waals surface area contributed by atoms with Crippen LogP contribution in [0, 0.1) is 0 Å². The van der Waals surface area contributed by atoms with Crippen molar-refractivity contribution < 1.29 is 13.2 Å². The van der Waals surface area contributed by atoms with E-state index < -0.39 is 12.6 Å². The van der Waals surface area contributed by atoms with E-state index in [1.54, 1.807) is 0 Å². The first-order chi connectivity index (χ1) is 7.49. The number of thiazole rings is 1. The number of halogens is 3. The van der Waals surface area contributed by atoms with Crippen LogP contribution in [0.5, 0.6) is 0 Å². The van der Waals surface area contributed by atoms with Gasteiger partial charge in [0.15, 0.2) is 0 Å². The van der Waals surface area contributed by atoms with Crippen molar-refractivity contribution >= 4 is 11.3 Å². The van der Waals surface area contributed by atoms with Gasteiger partial charge in [-0.15, -0.1) is 11.3 Å². The second-order valence-corrected chi connectivity index (χ2v) is 5.20. The highest BCUT2D eigenvalue weighted by molar-refractivity contribution is 7.11. The quantitative estimate of drug-likeness (QED) is 0.876. The minimum Gasteiger partial charge on any atom is -0.330 e. The summed E-state index contributed by atoms with van der Waals surface area (Å²) in [4.78, 5) is 5.11. The number of hydrogen-bond acceptors (Lipinski definition) is 3. The zero-order valence-electron chi connectivity index (χ0n) is 8.68. The van der Waals surface area contributed by atoms with Gasteiger partial charge in [-0.1, -0.05) is 0 Å². The highest BCUT2D eigenvalue weighted by Gasteiger charge is 2.31. The van der Waals surface area contributed by atoms with Crippen molar-refractivity contribution in [3.05, 3.63) is 15.6 Å². The van der Waals surface area contributed by atoms with Crippen LogP contribution in [0.15, 0.2) is 0 Å². The first-order valence-electron chi connectivity index (χ1n) is 5.25.